The Morgan fingerprint density at radius 2 is 2.08 bits per heavy atom. The molecule has 0 bridgehead atoms. The van der Waals surface area contributed by atoms with Crippen molar-refractivity contribution in [1.29, 1.82) is 0 Å². The molecule has 0 unspecified atom stereocenters. The van der Waals surface area contributed by atoms with Gasteiger partial charge in [-0.05, 0) is 12.3 Å². The number of hydrogen-bond acceptors (Lipinski definition) is 6. The third-order valence-corrected chi connectivity index (χ3v) is 5.29. The van der Waals surface area contributed by atoms with Crippen molar-refractivity contribution in [3.05, 3.63) is 18.6 Å². The Morgan fingerprint density at radius 3 is 2.64 bits per heavy atom. The van der Waals surface area contributed by atoms with Gasteiger partial charge >= 0.3 is 0 Å². The second-order valence-corrected chi connectivity index (χ2v) is 8.45. The van der Waals surface area contributed by atoms with Gasteiger partial charge in [-0.2, -0.15) is 5.10 Å². The van der Waals surface area contributed by atoms with Gasteiger partial charge in [-0.1, -0.05) is 25.7 Å². The van der Waals surface area contributed by atoms with Crippen LogP contribution in [0.4, 0.5) is 5.82 Å². The minimum atomic E-state index is -3.51. The summed E-state index contributed by atoms with van der Waals surface area (Å²) < 4.78 is 26.2. The molecule has 0 aliphatic heterocycles. The smallest absolute Gasteiger partial charge is 0.266 e. The number of hydrogen-bond donors (Lipinski definition) is 1. The van der Waals surface area contributed by atoms with Crippen LogP contribution in [0.5, 0.6) is 0 Å². The molecule has 25 heavy (non-hydrogen) atoms. The van der Waals surface area contributed by atoms with Crippen molar-refractivity contribution >= 4 is 21.6 Å². The summed E-state index contributed by atoms with van der Waals surface area (Å²) >= 11 is 0. The Bertz CT molecular complexity index is 850. The Labute approximate surface area is 146 Å². The van der Waals surface area contributed by atoms with Crippen molar-refractivity contribution in [2.24, 2.45) is 13.0 Å². The molecule has 1 aliphatic rings. The molecule has 10 heteroatoms. The molecule has 2 aromatic rings. The maximum Gasteiger partial charge on any atom is 0.266 e. The predicted molar refractivity (Wildman–Crippen MR) is 90.6 cm³/mol. The van der Waals surface area contributed by atoms with Crippen LogP contribution in [-0.2, 0) is 21.7 Å². The maximum absolute atomic E-state index is 12.8. The highest BCUT2D eigenvalue weighted by molar-refractivity contribution is 7.90. The monoisotopic (exact) mass is 366 g/mol. The molecule has 0 saturated heterocycles. The first-order valence-electron chi connectivity index (χ1n) is 8.24. The van der Waals surface area contributed by atoms with Crippen LogP contribution in [0.2, 0.25) is 0 Å². The van der Waals surface area contributed by atoms with E-state index < -0.39 is 15.9 Å². The Morgan fingerprint density at radius 1 is 1.36 bits per heavy atom. The first-order chi connectivity index (χ1) is 11.8. The van der Waals surface area contributed by atoms with Gasteiger partial charge < -0.3 is 5.32 Å². The highest BCUT2D eigenvalue weighted by Gasteiger charge is 2.29. The number of carbonyl (C=O) groups excluding carboxylic acids is 1. The van der Waals surface area contributed by atoms with E-state index in [9.17, 15) is 13.2 Å². The number of nitrogens with one attached hydrogen (secondary N) is 1. The van der Waals surface area contributed by atoms with Crippen molar-refractivity contribution in [3.63, 3.8) is 0 Å². The van der Waals surface area contributed by atoms with Crippen molar-refractivity contribution in [2.75, 3.05) is 11.6 Å². The van der Waals surface area contributed by atoms with E-state index in [-0.39, 0.29) is 11.1 Å². The predicted octanol–water partition coefficient (Wildman–Crippen LogP) is 1.18. The second kappa shape index (κ2) is 6.95. The van der Waals surface area contributed by atoms with E-state index in [1.807, 2.05) is 0 Å². The highest BCUT2D eigenvalue weighted by Crippen LogP contribution is 2.32. The summed E-state index contributed by atoms with van der Waals surface area (Å²) in [6.07, 6.45) is 9.16. The van der Waals surface area contributed by atoms with Gasteiger partial charge in [0.25, 0.3) is 11.1 Å². The van der Waals surface area contributed by atoms with E-state index in [1.165, 1.54) is 11.0 Å². The SMILES string of the molecule is Cn1ccc(NC(=O)[C@H](CC2CCCC2)n2cnc(S(C)(=O)=O)n2)n1. The molecule has 1 N–H and O–H groups in total. The van der Waals surface area contributed by atoms with Gasteiger partial charge in [0.15, 0.2) is 5.82 Å². The minimum absolute atomic E-state index is 0.268. The number of anilines is 1. The zero-order valence-corrected chi connectivity index (χ0v) is 15.1. The number of nitrogens with zero attached hydrogens (tertiary/aromatic N) is 5. The van der Waals surface area contributed by atoms with Crippen LogP contribution in [0.1, 0.15) is 38.1 Å². The fourth-order valence-electron chi connectivity index (χ4n) is 3.17. The fraction of sp³-hybridized carbons (Fsp3) is 0.600. The standard InChI is InChI=1S/C15H22N6O3S/c1-20-8-7-13(18-20)17-14(22)12(9-11-5-3-4-6-11)21-10-16-15(19-21)25(2,23)24/h7-8,10-12H,3-6,9H2,1-2H3,(H,17,18,22)/t12-/m0/s1. The summed E-state index contributed by atoms with van der Waals surface area (Å²) in [7, 11) is -1.75. The molecule has 3 rings (SSSR count). The van der Waals surface area contributed by atoms with Gasteiger partial charge in [-0.15, -0.1) is 5.10 Å². The molecular formula is C15H22N6O3S. The van der Waals surface area contributed by atoms with Gasteiger partial charge in [-0.25, -0.2) is 18.1 Å². The molecule has 0 spiro atoms. The van der Waals surface area contributed by atoms with Crippen LogP contribution in [0, 0.1) is 5.92 Å². The molecule has 0 aromatic carbocycles. The summed E-state index contributed by atoms with van der Waals surface area (Å²) in [5, 5.41) is 10.7. The molecule has 0 radical (unpaired) electrons. The van der Waals surface area contributed by atoms with Crippen LogP contribution in [0.25, 0.3) is 0 Å². The van der Waals surface area contributed by atoms with Gasteiger partial charge in [0, 0.05) is 25.6 Å². The van der Waals surface area contributed by atoms with E-state index in [0.29, 0.717) is 18.2 Å². The third-order valence-electron chi connectivity index (χ3n) is 4.44. The van der Waals surface area contributed by atoms with Crippen LogP contribution >= 0.6 is 0 Å². The van der Waals surface area contributed by atoms with Crippen LogP contribution in [-0.4, -0.2) is 45.1 Å². The number of amides is 1. The number of carbonyl (C=O) groups is 1. The van der Waals surface area contributed by atoms with Crippen LogP contribution < -0.4 is 5.32 Å². The van der Waals surface area contributed by atoms with Gasteiger partial charge in [0.2, 0.25) is 9.84 Å². The molecule has 136 valence electrons. The summed E-state index contributed by atoms with van der Waals surface area (Å²) in [4.78, 5) is 16.6. The van der Waals surface area contributed by atoms with E-state index in [2.05, 4.69) is 20.5 Å². The van der Waals surface area contributed by atoms with Crippen LogP contribution in [0.3, 0.4) is 0 Å². The van der Waals surface area contributed by atoms with E-state index in [4.69, 9.17) is 0 Å². The third kappa shape index (κ3) is 4.25. The van der Waals surface area contributed by atoms with E-state index in [1.54, 1.807) is 24.0 Å². The lowest BCUT2D eigenvalue weighted by Gasteiger charge is -2.19. The maximum atomic E-state index is 12.8. The molecule has 1 saturated carbocycles. The number of aryl methyl sites for hydroxylation is 1. The minimum Gasteiger partial charge on any atom is -0.307 e. The number of sulfone groups is 1. The molecule has 1 atom stereocenters. The van der Waals surface area contributed by atoms with Crippen molar-refractivity contribution in [3.8, 4) is 0 Å². The van der Waals surface area contributed by atoms with Gasteiger partial charge in [0.1, 0.15) is 12.4 Å². The number of aromatic nitrogens is 5. The Hall–Kier alpha value is -2.23. The highest BCUT2D eigenvalue weighted by atomic mass is 32.2. The fourth-order valence-corrected chi connectivity index (χ4v) is 3.65. The van der Waals surface area contributed by atoms with Gasteiger partial charge in [0.05, 0.1) is 0 Å². The van der Waals surface area contributed by atoms with E-state index in [0.717, 1.165) is 31.9 Å². The zero-order valence-electron chi connectivity index (χ0n) is 14.3. The quantitative estimate of drug-likeness (QED) is 0.821. The van der Waals surface area contributed by atoms with Crippen LogP contribution in [0.15, 0.2) is 23.7 Å². The lowest BCUT2D eigenvalue weighted by Crippen LogP contribution is -2.28. The summed E-state index contributed by atoms with van der Waals surface area (Å²) in [5.74, 6) is 0.605. The van der Waals surface area contributed by atoms with Crippen molar-refractivity contribution in [2.45, 2.75) is 43.3 Å². The van der Waals surface area contributed by atoms with Gasteiger partial charge in [-0.3, -0.25) is 9.48 Å². The van der Waals surface area contributed by atoms with Crippen molar-refractivity contribution in [1.82, 2.24) is 24.5 Å². The lowest BCUT2D eigenvalue weighted by molar-refractivity contribution is -0.120. The molecule has 1 aliphatic carbocycles. The summed E-state index contributed by atoms with van der Waals surface area (Å²) in [6, 6.07) is 1.08. The molecule has 9 nitrogen and oxygen atoms in total. The summed E-state index contributed by atoms with van der Waals surface area (Å²) in [5.41, 5.74) is 0. The Kier molecular flexibility index (Phi) is 4.89. The molecule has 1 fully saturated rings. The first-order valence-corrected chi connectivity index (χ1v) is 10.1. The average molecular weight is 366 g/mol. The zero-order chi connectivity index (χ0) is 18.0. The first kappa shape index (κ1) is 17.6. The Balaban J connectivity index is 1.83. The number of rotatable bonds is 6. The largest absolute Gasteiger partial charge is 0.307 e. The van der Waals surface area contributed by atoms with E-state index >= 15 is 0 Å². The summed E-state index contributed by atoms with van der Waals surface area (Å²) in [6.45, 7) is 0. The normalized spacial score (nSPS) is 16.9. The molecule has 2 aromatic heterocycles. The van der Waals surface area contributed by atoms with Crippen molar-refractivity contribution < 1.29 is 13.2 Å². The molecule has 1 amide bonds. The molecular weight excluding hydrogens is 344 g/mol. The topological polar surface area (TPSA) is 112 Å². The second-order valence-electron chi connectivity index (χ2n) is 6.55. The average Bonchev–Trinajstić information content (AvgIpc) is 3.25. The lowest BCUT2D eigenvalue weighted by atomic mass is 9.98. The molecule has 2 heterocycles.